The molecular weight excluding hydrogens is 429 g/mol. The first-order valence-electron chi connectivity index (χ1n) is 9.61. The predicted molar refractivity (Wildman–Crippen MR) is 116 cm³/mol. The zero-order valence-corrected chi connectivity index (χ0v) is 18.0. The van der Waals surface area contributed by atoms with Crippen molar-refractivity contribution in [3.63, 3.8) is 0 Å². The predicted octanol–water partition coefficient (Wildman–Crippen LogP) is 4.52. The molecule has 2 aromatic carbocycles. The fourth-order valence-corrected chi connectivity index (χ4v) is 3.86. The van der Waals surface area contributed by atoms with E-state index in [0.29, 0.717) is 41.4 Å². The van der Waals surface area contributed by atoms with Gasteiger partial charge < -0.3 is 15.0 Å². The Kier molecular flexibility index (Phi) is 7.34. The standard InChI is InChI=1S/C21H23F3N4O2S/c1-27(2)12-13-28(19(29)25-11-10-15-6-4-3-5-7-15)20-26-17-9-8-16(14-18(17)31-20)30-21(22,23)24/h3-9,14H,10-13H2,1-2H3,(H,25,29). The lowest BCUT2D eigenvalue weighted by atomic mass is 10.1. The first-order valence-corrected chi connectivity index (χ1v) is 10.4. The largest absolute Gasteiger partial charge is 0.573 e. The highest BCUT2D eigenvalue weighted by molar-refractivity contribution is 7.22. The summed E-state index contributed by atoms with van der Waals surface area (Å²) >= 11 is 1.14. The quantitative estimate of drug-likeness (QED) is 0.546. The van der Waals surface area contributed by atoms with E-state index >= 15 is 0 Å². The molecule has 0 fully saturated rings. The van der Waals surface area contributed by atoms with Gasteiger partial charge in [-0.25, -0.2) is 9.78 Å². The lowest BCUT2D eigenvalue weighted by molar-refractivity contribution is -0.274. The number of carbonyl (C=O) groups is 1. The molecule has 2 amide bonds. The van der Waals surface area contributed by atoms with Gasteiger partial charge in [-0.05, 0) is 38.2 Å². The van der Waals surface area contributed by atoms with Crippen molar-refractivity contribution in [1.29, 1.82) is 0 Å². The molecule has 1 aromatic heterocycles. The van der Waals surface area contributed by atoms with Crippen molar-refractivity contribution in [2.24, 2.45) is 0 Å². The molecule has 3 aromatic rings. The molecule has 0 spiro atoms. The number of hydrogen-bond acceptors (Lipinski definition) is 5. The van der Waals surface area contributed by atoms with E-state index < -0.39 is 6.36 Å². The van der Waals surface area contributed by atoms with Gasteiger partial charge >= 0.3 is 12.4 Å². The van der Waals surface area contributed by atoms with Crippen LogP contribution in [0.1, 0.15) is 5.56 Å². The Morgan fingerprint density at radius 3 is 2.55 bits per heavy atom. The fourth-order valence-electron chi connectivity index (χ4n) is 2.84. The molecule has 6 nitrogen and oxygen atoms in total. The maximum absolute atomic E-state index is 12.9. The highest BCUT2D eigenvalue weighted by Gasteiger charge is 2.31. The molecule has 0 saturated carbocycles. The van der Waals surface area contributed by atoms with Crippen LogP contribution >= 0.6 is 11.3 Å². The van der Waals surface area contributed by atoms with E-state index in [1.807, 2.05) is 49.3 Å². The minimum Gasteiger partial charge on any atom is -0.406 e. The number of anilines is 1. The van der Waals surface area contributed by atoms with E-state index in [1.165, 1.54) is 23.1 Å². The first-order chi connectivity index (χ1) is 14.7. The molecule has 0 atom stereocenters. The Bertz CT molecular complexity index is 1010. The molecule has 3 rings (SSSR count). The number of halogens is 3. The Balaban J connectivity index is 1.75. The van der Waals surface area contributed by atoms with E-state index in [9.17, 15) is 18.0 Å². The van der Waals surface area contributed by atoms with Crippen LogP contribution in [-0.2, 0) is 6.42 Å². The lowest BCUT2D eigenvalue weighted by Gasteiger charge is -2.22. The number of hydrogen-bond donors (Lipinski definition) is 1. The van der Waals surface area contributed by atoms with Gasteiger partial charge in [-0.2, -0.15) is 0 Å². The summed E-state index contributed by atoms with van der Waals surface area (Å²) in [5, 5.41) is 3.32. The van der Waals surface area contributed by atoms with Crippen molar-refractivity contribution >= 4 is 32.7 Å². The van der Waals surface area contributed by atoms with Crippen LogP contribution < -0.4 is 15.0 Å². The van der Waals surface area contributed by atoms with Gasteiger partial charge in [0.05, 0.1) is 10.2 Å². The summed E-state index contributed by atoms with van der Waals surface area (Å²) in [6.45, 7) is 1.44. The SMILES string of the molecule is CN(C)CCN(C(=O)NCCc1ccccc1)c1nc2ccc(OC(F)(F)F)cc2s1. The molecule has 166 valence electrons. The van der Waals surface area contributed by atoms with Crippen molar-refractivity contribution in [2.75, 3.05) is 38.6 Å². The molecule has 31 heavy (non-hydrogen) atoms. The van der Waals surface area contributed by atoms with E-state index in [-0.39, 0.29) is 11.8 Å². The number of thiazole rings is 1. The van der Waals surface area contributed by atoms with Crippen LogP contribution in [0.2, 0.25) is 0 Å². The number of urea groups is 1. The first kappa shape index (κ1) is 22.8. The second-order valence-corrected chi connectivity index (χ2v) is 8.11. The maximum Gasteiger partial charge on any atom is 0.573 e. The molecule has 1 N–H and O–H groups in total. The summed E-state index contributed by atoms with van der Waals surface area (Å²) in [6, 6.07) is 13.4. The Hall–Kier alpha value is -2.85. The summed E-state index contributed by atoms with van der Waals surface area (Å²) in [4.78, 5) is 20.8. The zero-order chi connectivity index (χ0) is 22.4. The smallest absolute Gasteiger partial charge is 0.406 e. The van der Waals surface area contributed by atoms with Crippen molar-refractivity contribution < 1.29 is 22.7 Å². The number of likely N-dealkylation sites (N-methyl/N-ethyl adjacent to an activating group) is 1. The third-order valence-corrected chi connectivity index (χ3v) is 5.40. The Morgan fingerprint density at radius 1 is 1.13 bits per heavy atom. The number of fused-ring (bicyclic) bond motifs is 1. The lowest BCUT2D eigenvalue weighted by Crippen LogP contribution is -2.43. The molecular formula is C21H23F3N4O2S. The third-order valence-electron chi connectivity index (χ3n) is 4.36. The van der Waals surface area contributed by atoms with Crippen LogP contribution in [0.3, 0.4) is 0 Å². The second-order valence-electron chi connectivity index (χ2n) is 7.10. The number of amides is 2. The highest BCUT2D eigenvalue weighted by Crippen LogP contribution is 2.33. The average Bonchev–Trinajstić information content (AvgIpc) is 3.10. The molecule has 0 radical (unpaired) electrons. The van der Waals surface area contributed by atoms with Crippen LogP contribution in [0, 0.1) is 0 Å². The monoisotopic (exact) mass is 452 g/mol. The van der Waals surface area contributed by atoms with Crippen LogP contribution in [0.15, 0.2) is 48.5 Å². The van der Waals surface area contributed by atoms with Gasteiger partial charge in [0, 0.05) is 25.7 Å². The van der Waals surface area contributed by atoms with Crippen LogP contribution in [0.5, 0.6) is 5.75 Å². The second kappa shape index (κ2) is 9.97. The van der Waals surface area contributed by atoms with Gasteiger partial charge in [-0.15, -0.1) is 13.2 Å². The van der Waals surface area contributed by atoms with Gasteiger partial charge in [-0.1, -0.05) is 41.7 Å². The number of ether oxygens (including phenoxy) is 1. The topological polar surface area (TPSA) is 57.7 Å². The van der Waals surface area contributed by atoms with Gasteiger partial charge in [-0.3, -0.25) is 4.90 Å². The summed E-state index contributed by atoms with van der Waals surface area (Å²) in [5.41, 5.74) is 1.61. The number of carbonyl (C=O) groups excluding carboxylic acids is 1. The van der Waals surface area contributed by atoms with Crippen molar-refractivity contribution in [2.45, 2.75) is 12.8 Å². The van der Waals surface area contributed by atoms with E-state index in [4.69, 9.17) is 0 Å². The van der Waals surface area contributed by atoms with Gasteiger partial charge in [0.25, 0.3) is 0 Å². The number of nitrogens with zero attached hydrogens (tertiary/aromatic N) is 3. The molecule has 1 heterocycles. The Morgan fingerprint density at radius 2 is 1.87 bits per heavy atom. The Labute approximate surface area is 182 Å². The average molecular weight is 453 g/mol. The van der Waals surface area contributed by atoms with Gasteiger partial charge in [0.15, 0.2) is 5.13 Å². The molecule has 0 unspecified atom stereocenters. The number of benzene rings is 2. The van der Waals surface area contributed by atoms with Crippen molar-refractivity contribution in [3.8, 4) is 5.75 Å². The maximum atomic E-state index is 12.9. The molecule has 0 bridgehead atoms. The number of aromatic nitrogens is 1. The molecule has 10 heteroatoms. The molecule has 0 aliphatic heterocycles. The molecule has 0 aliphatic rings. The summed E-state index contributed by atoms with van der Waals surface area (Å²) in [7, 11) is 3.79. The minimum atomic E-state index is -4.77. The number of nitrogens with one attached hydrogen (secondary N) is 1. The zero-order valence-electron chi connectivity index (χ0n) is 17.1. The summed E-state index contributed by atoms with van der Waals surface area (Å²) in [6.07, 6.45) is -4.08. The van der Waals surface area contributed by atoms with Crippen LogP contribution in [0.4, 0.5) is 23.1 Å². The summed E-state index contributed by atoms with van der Waals surface area (Å²) < 4.78 is 42.0. The van der Waals surface area contributed by atoms with Gasteiger partial charge in [0.1, 0.15) is 5.75 Å². The molecule has 0 aliphatic carbocycles. The van der Waals surface area contributed by atoms with Crippen molar-refractivity contribution in [3.05, 3.63) is 54.1 Å². The van der Waals surface area contributed by atoms with E-state index in [2.05, 4.69) is 15.0 Å². The highest BCUT2D eigenvalue weighted by atomic mass is 32.1. The number of rotatable bonds is 8. The minimum absolute atomic E-state index is 0.302. The van der Waals surface area contributed by atoms with Crippen LogP contribution in [0.25, 0.3) is 10.2 Å². The van der Waals surface area contributed by atoms with Crippen molar-refractivity contribution in [1.82, 2.24) is 15.2 Å². The van der Waals surface area contributed by atoms with E-state index in [0.717, 1.165) is 16.9 Å². The third kappa shape index (κ3) is 6.83. The fraction of sp³-hybridized carbons (Fsp3) is 0.333. The molecule has 0 saturated heterocycles. The van der Waals surface area contributed by atoms with Gasteiger partial charge in [0.2, 0.25) is 0 Å². The van der Waals surface area contributed by atoms with E-state index in [1.54, 1.807) is 0 Å². The van der Waals surface area contributed by atoms with Crippen LogP contribution in [-0.4, -0.2) is 56.0 Å². The normalized spacial score (nSPS) is 11.7. The summed E-state index contributed by atoms with van der Waals surface area (Å²) in [5.74, 6) is -0.317. The number of alkyl halides is 3.